The van der Waals surface area contributed by atoms with E-state index in [9.17, 15) is 128 Å². The molecule has 0 aliphatic heterocycles. The van der Waals surface area contributed by atoms with Crippen molar-refractivity contribution in [1.29, 1.82) is 0 Å². The number of benzene rings is 2. The monoisotopic (exact) mass is 1240 g/mol. The fourth-order valence-electron chi connectivity index (χ4n) is 7.10. The average molecular weight is 1240 g/mol. The van der Waals surface area contributed by atoms with E-state index in [1.165, 1.54) is 7.11 Å². The van der Waals surface area contributed by atoms with Crippen molar-refractivity contribution >= 4 is 40.6 Å². The van der Waals surface area contributed by atoms with Crippen molar-refractivity contribution in [3.8, 4) is 0 Å². The van der Waals surface area contributed by atoms with Gasteiger partial charge in [0.05, 0.1) is 77.5 Å². The molecule has 1 N–H and O–H groups in total. The number of carbonyl (C=O) groups excluding carboxylic acids is 5. The molecule has 84 heavy (non-hydrogen) atoms. The van der Waals surface area contributed by atoms with Crippen LogP contribution in [0.25, 0.3) is 10.8 Å². The molecule has 2 heterocycles. The lowest BCUT2D eigenvalue weighted by atomic mass is 9.90. The summed E-state index contributed by atoms with van der Waals surface area (Å²) in [5.74, 6) is -62.3. The van der Waals surface area contributed by atoms with Crippen LogP contribution in [0.2, 0.25) is 0 Å². The summed E-state index contributed by atoms with van der Waals surface area (Å²) in [5.41, 5.74) is -10.9. The van der Waals surface area contributed by atoms with Gasteiger partial charge in [0.15, 0.2) is 0 Å². The van der Waals surface area contributed by atoms with Crippen LogP contribution in [0.3, 0.4) is 0 Å². The van der Waals surface area contributed by atoms with Gasteiger partial charge in [0.1, 0.15) is 6.61 Å². The number of nitrogens with zero attached hydrogens (tertiary/aromatic N) is 6. The van der Waals surface area contributed by atoms with Crippen LogP contribution in [0, 0.1) is 0 Å². The molecular formula is C44H40F16N6O18. The Morgan fingerprint density at radius 2 is 0.738 bits per heavy atom. The molecule has 0 saturated heterocycles. The number of alkyl halides is 16. The fraction of sp³-hybridized carbons (Fsp3) is 0.523. The van der Waals surface area contributed by atoms with Crippen molar-refractivity contribution in [2.24, 2.45) is 0 Å². The maximum absolute atomic E-state index is 14.8. The molecule has 4 aromatic rings. The number of halogens is 16. The summed E-state index contributed by atoms with van der Waals surface area (Å²) in [7, 11) is 2.91. The number of carbonyl (C=O) groups is 5. The number of esters is 5. The summed E-state index contributed by atoms with van der Waals surface area (Å²) in [6.07, 6.45) is -19.5. The Balaban J connectivity index is 1.56. The highest BCUT2D eigenvalue weighted by Crippen LogP contribution is 2.64. The minimum Gasteiger partial charge on any atom is -0.469 e. The van der Waals surface area contributed by atoms with Gasteiger partial charge in [-0.05, 0) is 35.0 Å². The lowest BCUT2D eigenvalue weighted by molar-refractivity contribution is -0.478. The van der Waals surface area contributed by atoms with Crippen LogP contribution in [-0.2, 0) is 82.1 Å². The van der Waals surface area contributed by atoms with Gasteiger partial charge in [-0.1, -0.05) is 12.1 Å². The van der Waals surface area contributed by atoms with Crippen molar-refractivity contribution in [2.75, 3.05) is 41.2 Å². The van der Waals surface area contributed by atoms with E-state index < -0.39 is 189 Å². The number of methoxy groups -OCH3 is 3. The molecule has 2 aromatic heterocycles. The molecule has 0 bridgehead atoms. The molecule has 0 atom stereocenters. The molecule has 466 valence electrons. The summed E-state index contributed by atoms with van der Waals surface area (Å²) in [4.78, 5) is 139. The van der Waals surface area contributed by atoms with E-state index in [0.717, 1.165) is 38.5 Å². The number of aliphatic hydroxyl groups is 1. The Morgan fingerprint density at radius 3 is 1.12 bits per heavy atom. The fourth-order valence-corrected chi connectivity index (χ4v) is 7.10. The zero-order valence-electron chi connectivity index (χ0n) is 42.6. The molecule has 0 radical (unpaired) electrons. The lowest BCUT2D eigenvalue weighted by Gasteiger charge is -2.42. The van der Waals surface area contributed by atoms with E-state index >= 15 is 0 Å². The maximum Gasteiger partial charge on any atom is 0.473 e. The van der Waals surface area contributed by atoms with E-state index in [0.29, 0.717) is 25.8 Å². The number of hydrogen-bond acceptors (Lipinski definition) is 18. The van der Waals surface area contributed by atoms with Gasteiger partial charge >= 0.3 is 112 Å². The van der Waals surface area contributed by atoms with Crippen LogP contribution >= 0.6 is 0 Å². The highest BCUT2D eigenvalue weighted by molar-refractivity contribution is 5.99. The zero-order chi connectivity index (χ0) is 64.1. The lowest BCUT2D eigenvalue weighted by Crippen LogP contribution is -2.75. The number of rotatable bonds is 28. The van der Waals surface area contributed by atoms with E-state index in [1.807, 2.05) is 0 Å². The van der Waals surface area contributed by atoms with Crippen LogP contribution in [0.4, 0.5) is 70.2 Å². The van der Waals surface area contributed by atoms with Gasteiger partial charge in [0.25, 0.3) is 0 Å². The molecule has 4 rings (SSSR count). The second-order valence-electron chi connectivity index (χ2n) is 17.0. The Morgan fingerprint density at radius 1 is 0.405 bits per heavy atom. The van der Waals surface area contributed by atoms with E-state index in [-0.39, 0.29) is 36.6 Å². The SMILES string of the molecule is COCCn1c(=O)n(CCO)c(=O)n(CCOC(=O)CCn2c(=O)n(CCC(=O)OC)c(=O)n(CCC(=O)OC(F)(F)C(F)(F)C(F)(F)C(F)(F)C(F)(F)C(F)(F)C(F)(F)C(F)(F)OC(=O)c3ccc4cc(C(=O)OC)ccc4c3)c2=O)c1=O. The molecule has 0 unspecified atom stereocenters. The largest absolute Gasteiger partial charge is 0.473 e. The molecule has 0 saturated carbocycles. The minimum atomic E-state index is -9.07. The normalized spacial score (nSPS) is 13.0. The van der Waals surface area contributed by atoms with Gasteiger partial charge in [-0.2, -0.15) is 70.2 Å². The van der Waals surface area contributed by atoms with E-state index in [1.54, 1.807) is 0 Å². The van der Waals surface area contributed by atoms with Crippen LogP contribution in [0.5, 0.6) is 0 Å². The quantitative estimate of drug-likeness (QED) is 0.0484. The number of ether oxygens (including phenoxy) is 6. The van der Waals surface area contributed by atoms with Crippen LogP contribution in [-0.4, -0.2) is 151 Å². The van der Waals surface area contributed by atoms with E-state index in [2.05, 4.69) is 18.9 Å². The van der Waals surface area contributed by atoms with Crippen LogP contribution in [0.15, 0.2) is 65.2 Å². The van der Waals surface area contributed by atoms with Crippen molar-refractivity contribution in [1.82, 2.24) is 27.4 Å². The number of aromatic nitrogens is 6. The Labute approximate surface area is 453 Å². The maximum atomic E-state index is 14.8. The molecule has 0 amide bonds. The standard InChI is InChI=1S/C44H40F16N6O18/c1-79-18-15-65-34(76)64(14-17-67)35(77)66(36(65)78)16-19-82-27(69)9-12-62-31(73)61(11-8-26(68)80-2)32(74)63(33(62)75)13-10-28(70)83-43(57,58)41(53,54)39(49,50)37(45,46)38(47,48)40(51,52)42(55,56)44(59,60)84-30(72)25-7-5-22-20-24(29(71)81-3)6-4-23(22)21-25/h4-7,20-21,67H,8-19H2,1-3H3. The third-order valence-electron chi connectivity index (χ3n) is 11.7. The molecule has 0 fully saturated rings. The first kappa shape index (κ1) is 68.2. The predicted molar refractivity (Wildman–Crippen MR) is 241 cm³/mol. The van der Waals surface area contributed by atoms with Gasteiger partial charge in [0, 0.05) is 26.7 Å². The zero-order valence-corrected chi connectivity index (χ0v) is 42.6. The van der Waals surface area contributed by atoms with Crippen LogP contribution in [0.1, 0.15) is 40.0 Å². The molecule has 0 aliphatic rings. The smallest absolute Gasteiger partial charge is 0.469 e. The molecule has 24 nitrogen and oxygen atoms in total. The van der Waals surface area contributed by atoms with Gasteiger partial charge in [-0.25, -0.2) is 65.8 Å². The predicted octanol–water partition coefficient (Wildman–Crippen LogP) is 2.22. The second kappa shape index (κ2) is 25.3. The van der Waals surface area contributed by atoms with Crippen molar-refractivity contribution < 1.29 is 128 Å². The van der Waals surface area contributed by atoms with Gasteiger partial charge in [0.2, 0.25) is 0 Å². The first-order valence-electron chi connectivity index (χ1n) is 22.9. The average Bonchev–Trinajstić information content (AvgIpc) is 3.58. The van der Waals surface area contributed by atoms with Gasteiger partial charge in [-0.15, -0.1) is 0 Å². The Hall–Kier alpha value is -8.33. The number of aliphatic hydroxyl groups excluding tert-OH is 1. The topological polar surface area (TPSA) is 293 Å². The first-order valence-corrected chi connectivity index (χ1v) is 22.9. The van der Waals surface area contributed by atoms with E-state index in [4.69, 9.17) is 9.47 Å². The number of hydrogen-bond donors (Lipinski definition) is 1. The molecular weight excluding hydrogens is 1200 g/mol. The molecule has 40 heteroatoms. The summed E-state index contributed by atoms with van der Waals surface area (Å²) in [5, 5.41) is 8.94. The Bertz CT molecular complexity index is 3560. The Kier molecular flexibility index (Phi) is 20.5. The van der Waals surface area contributed by atoms with Crippen LogP contribution < -0.4 is 34.1 Å². The molecule has 2 aromatic carbocycles. The van der Waals surface area contributed by atoms with Crippen molar-refractivity contribution in [3.05, 3.63) is 110 Å². The van der Waals surface area contributed by atoms with Gasteiger partial charge < -0.3 is 33.5 Å². The van der Waals surface area contributed by atoms with Crippen molar-refractivity contribution in [2.45, 2.75) is 106 Å². The summed E-state index contributed by atoms with van der Waals surface area (Å²) >= 11 is 0. The number of fused-ring (bicyclic) bond motifs is 1. The second-order valence-corrected chi connectivity index (χ2v) is 17.0. The summed E-state index contributed by atoms with van der Waals surface area (Å²) in [6.45, 7) is -7.93. The molecule has 0 spiro atoms. The van der Waals surface area contributed by atoms with Crippen molar-refractivity contribution in [3.63, 3.8) is 0 Å². The first-order chi connectivity index (χ1) is 38.6. The summed E-state index contributed by atoms with van der Waals surface area (Å²) < 4.78 is 260. The highest BCUT2D eigenvalue weighted by atomic mass is 19.4. The highest BCUT2D eigenvalue weighted by Gasteiger charge is 2.96. The van der Waals surface area contributed by atoms with Gasteiger partial charge in [-0.3, -0.25) is 14.4 Å². The molecule has 0 aliphatic carbocycles. The third-order valence-corrected chi connectivity index (χ3v) is 11.7. The minimum absolute atomic E-state index is 0.0685. The summed E-state index contributed by atoms with van der Waals surface area (Å²) in [6, 6.07) is 4.48. The third kappa shape index (κ3) is 12.8.